The first-order chi connectivity index (χ1) is 8.83. The summed E-state index contributed by atoms with van der Waals surface area (Å²) in [5.74, 6) is 0. The maximum absolute atomic E-state index is 12.3. The molecule has 0 radical (unpaired) electrons. The molecular weight excluding hydrogens is 279 g/mol. The van der Waals surface area contributed by atoms with Crippen LogP contribution in [-0.2, 0) is 11.3 Å². The van der Waals surface area contributed by atoms with Gasteiger partial charge in [0.2, 0.25) is 0 Å². The molecule has 4 nitrogen and oxygen atoms in total. The molecule has 0 amide bonds. The number of anilines is 1. The van der Waals surface area contributed by atoms with Crippen molar-refractivity contribution in [2.45, 2.75) is 19.6 Å². The van der Waals surface area contributed by atoms with Gasteiger partial charge in [-0.15, -0.1) is 11.3 Å². The van der Waals surface area contributed by atoms with Crippen LogP contribution in [-0.4, -0.2) is 45.0 Å². The van der Waals surface area contributed by atoms with Crippen molar-refractivity contribution >= 4 is 16.5 Å². The zero-order chi connectivity index (χ0) is 14.5. The first-order valence-corrected chi connectivity index (χ1v) is 6.59. The fourth-order valence-electron chi connectivity index (χ4n) is 1.45. The topological polar surface area (TPSA) is 37.4 Å². The number of methoxy groups -OCH3 is 1. The molecule has 110 valence electrons. The van der Waals surface area contributed by atoms with E-state index in [2.05, 4.69) is 10.3 Å². The van der Waals surface area contributed by atoms with Crippen molar-refractivity contribution in [3.05, 3.63) is 10.6 Å². The number of thiazole rings is 1. The molecule has 8 heteroatoms. The maximum Gasteiger partial charge on any atom is 0.405 e. The Labute approximate surface area is 114 Å². The van der Waals surface area contributed by atoms with Crippen molar-refractivity contribution in [3.63, 3.8) is 0 Å². The van der Waals surface area contributed by atoms with Gasteiger partial charge in [-0.3, -0.25) is 0 Å². The Morgan fingerprint density at radius 3 is 2.68 bits per heavy atom. The summed E-state index contributed by atoms with van der Waals surface area (Å²) in [6.07, 6.45) is -4.22. The molecule has 1 heterocycles. The van der Waals surface area contributed by atoms with Crippen molar-refractivity contribution in [3.8, 4) is 0 Å². The van der Waals surface area contributed by atoms with E-state index in [1.54, 1.807) is 14.0 Å². The monoisotopic (exact) mass is 297 g/mol. The van der Waals surface area contributed by atoms with E-state index in [1.807, 2.05) is 0 Å². The molecule has 1 aromatic rings. The highest BCUT2D eigenvalue weighted by Crippen LogP contribution is 2.27. The van der Waals surface area contributed by atoms with Gasteiger partial charge in [-0.25, -0.2) is 4.98 Å². The molecule has 0 atom stereocenters. The summed E-state index contributed by atoms with van der Waals surface area (Å²) in [5, 5.41) is 3.54. The first kappa shape index (κ1) is 16.2. The lowest BCUT2D eigenvalue weighted by Gasteiger charge is -2.17. The Bertz CT molecular complexity index is 395. The minimum atomic E-state index is -4.22. The van der Waals surface area contributed by atoms with Crippen LogP contribution in [0.15, 0.2) is 0 Å². The van der Waals surface area contributed by atoms with E-state index in [1.165, 1.54) is 18.4 Å². The van der Waals surface area contributed by atoms with E-state index in [9.17, 15) is 13.2 Å². The number of halogens is 3. The van der Waals surface area contributed by atoms with E-state index in [0.717, 1.165) is 15.5 Å². The molecule has 0 spiro atoms. The summed E-state index contributed by atoms with van der Waals surface area (Å²) in [6, 6.07) is 0. The normalized spacial score (nSPS) is 11.9. The number of aromatic nitrogens is 1. The van der Waals surface area contributed by atoms with Gasteiger partial charge in [-0.2, -0.15) is 13.2 Å². The lowest BCUT2D eigenvalue weighted by molar-refractivity contribution is -0.119. The zero-order valence-electron chi connectivity index (χ0n) is 11.2. The molecule has 19 heavy (non-hydrogen) atoms. The molecular formula is C11H18F3N3OS. The molecule has 0 aliphatic heterocycles. The van der Waals surface area contributed by atoms with Crippen LogP contribution in [0.5, 0.6) is 0 Å². The molecule has 0 fully saturated rings. The Balaban J connectivity index is 2.57. The number of alkyl halides is 3. The first-order valence-electron chi connectivity index (χ1n) is 5.77. The Kier molecular flexibility index (Phi) is 6.02. The number of nitrogens with zero attached hydrogens (tertiary/aromatic N) is 2. The second-order valence-corrected chi connectivity index (χ2v) is 5.21. The third-order valence-corrected chi connectivity index (χ3v) is 3.66. The SMILES string of the molecule is COCCNCc1sc(N(C)CC(F)(F)F)nc1C. The average molecular weight is 297 g/mol. The van der Waals surface area contributed by atoms with Gasteiger partial charge < -0.3 is 15.0 Å². The Morgan fingerprint density at radius 2 is 2.11 bits per heavy atom. The third-order valence-electron chi connectivity index (χ3n) is 2.39. The molecule has 0 aromatic carbocycles. The van der Waals surface area contributed by atoms with E-state index in [0.29, 0.717) is 24.8 Å². The maximum atomic E-state index is 12.3. The smallest absolute Gasteiger partial charge is 0.383 e. The number of nitrogens with one attached hydrogen (secondary N) is 1. The van der Waals surface area contributed by atoms with Crippen LogP contribution in [0.25, 0.3) is 0 Å². The summed E-state index contributed by atoms with van der Waals surface area (Å²) in [7, 11) is 3.01. The lowest BCUT2D eigenvalue weighted by Crippen LogP contribution is -2.30. The van der Waals surface area contributed by atoms with E-state index >= 15 is 0 Å². The highest BCUT2D eigenvalue weighted by Gasteiger charge is 2.30. The number of hydrogen-bond donors (Lipinski definition) is 1. The van der Waals surface area contributed by atoms with Crippen LogP contribution in [0.1, 0.15) is 10.6 Å². The molecule has 1 N–H and O–H groups in total. The van der Waals surface area contributed by atoms with Gasteiger partial charge in [-0.1, -0.05) is 0 Å². The molecule has 0 saturated heterocycles. The summed E-state index contributed by atoms with van der Waals surface area (Å²) < 4.78 is 41.8. The van der Waals surface area contributed by atoms with Gasteiger partial charge in [0.15, 0.2) is 5.13 Å². The Hall–Kier alpha value is -0.860. The van der Waals surface area contributed by atoms with Gasteiger partial charge in [0.25, 0.3) is 0 Å². The van der Waals surface area contributed by atoms with Crippen LogP contribution in [0.3, 0.4) is 0 Å². The minimum Gasteiger partial charge on any atom is -0.383 e. The standard InChI is InChI=1S/C11H18F3N3OS/c1-8-9(6-15-4-5-18-3)19-10(16-8)17(2)7-11(12,13)14/h15H,4-7H2,1-3H3. The van der Waals surface area contributed by atoms with Crippen molar-refractivity contribution in [2.24, 2.45) is 0 Å². The minimum absolute atomic E-state index is 0.387. The Morgan fingerprint density at radius 1 is 1.42 bits per heavy atom. The van der Waals surface area contributed by atoms with Crippen molar-refractivity contribution < 1.29 is 17.9 Å². The highest BCUT2D eigenvalue weighted by molar-refractivity contribution is 7.15. The van der Waals surface area contributed by atoms with Gasteiger partial charge in [0, 0.05) is 32.1 Å². The largest absolute Gasteiger partial charge is 0.405 e. The molecule has 0 bridgehead atoms. The molecule has 0 saturated carbocycles. The van der Waals surface area contributed by atoms with Crippen molar-refractivity contribution in [1.29, 1.82) is 0 Å². The second kappa shape index (κ2) is 7.06. The summed E-state index contributed by atoms with van der Waals surface area (Å²) in [4.78, 5) is 6.23. The summed E-state index contributed by atoms with van der Waals surface area (Å²) in [5.41, 5.74) is 0.763. The average Bonchev–Trinajstić information content (AvgIpc) is 2.64. The number of aryl methyl sites for hydroxylation is 1. The van der Waals surface area contributed by atoms with Gasteiger partial charge in [0.1, 0.15) is 6.54 Å². The zero-order valence-corrected chi connectivity index (χ0v) is 12.0. The van der Waals surface area contributed by atoms with Gasteiger partial charge in [0.05, 0.1) is 12.3 Å². The van der Waals surface area contributed by atoms with Crippen molar-refractivity contribution in [1.82, 2.24) is 10.3 Å². The van der Waals surface area contributed by atoms with Crippen LogP contribution in [0.4, 0.5) is 18.3 Å². The number of hydrogen-bond acceptors (Lipinski definition) is 5. The van der Waals surface area contributed by atoms with Crippen LogP contribution in [0, 0.1) is 6.92 Å². The van der Waals surface area contributed by atoms with Crippen LogP contribution in [0.2, 0.25) is 0 Å². The second-order valence-electron chi connectivity index (χ2n) is 4.15. The number of rotatable bonds is 7. The molecule has 0 aliphatic carbocycles. The quantitative estimate of drug-likeness (QED) is 0.783. The third kappa shape index (κ3) is 5.75. The highest BCUT2D eigenvalue weighted by atomic mass is 32.1. The lowest BCUT2D eigenvalue weighted by atomic mass is 10.4. The van der Waals surface area contributed by atoms with E-state index in [4.69, 9.17) is 4.74 Å². The molecule has 0 unspecified atom stereocenters. The molecule has 1 aromatic heterocycles. The predicted octanol–water partition coefficient (Wildman–Crippen LogP) is 2.19. The van der Waals surface area contributed by atoms with Crippen LogP contribution >= 0.6 is 11.3 Å². The summed E-state index contributed by atoms with van der Waals surface area (Å²) >= 11 is 1.28. The van der Waals surface area contributed by atoms with E-state index in [-0.39, 0.29) is 0 Å². The predicted molar refractivity (Wildman–Crippen MR) is 69.8 cm³/mol. The van der Waals surface area contributed by atoms with Gasteiger partial charge >= 0.3 is 6.18 Å². The van der Waals surface area contributed by atoms with Crippen molar-refractivity contribution in [2.75, 3.05) is 38.8 Å². The summed E-state index contributed by atoms with van der Waals surface area (Å²) in [6.45, 7) is 2.69. The van der Waals surface area contributed by atoms with E-state index < -0.39 is 12.7 Å². The van der Waals surface area contributed by atoms with Crippen LogP contribution < -0.4 is 10.2 Å². The molecule has 1 rings (SSSR count). The molecule has 0 aliphatic rings. The van der Waals surface area contributed by atoms with Gasteiger partial charge in [-0.05, 0) is 6.92 Å². The number of ether oxygens (including phenoxy) is 1. The fraction of sp³-hybridized carbons (Fsp3) is 0.727. The fourth-order valence-corrected chi connectivity index (χ4v) is 2.44.